The smallest absolute Gasteiger partial charge is 0.241 e. The number of carbonyl (C=O) groups is 1. The lowest BCUT2D eigenvalue weighted by atomic mass is 10.1. The van der Waals surface area contributed by atoms with E-state index in [2.05, 4.69) is 6.92 Å². The van der Waals surface area contributed by atoms with E-state index < -0.39 is 6.04 Å². The van der Waals surface area contributed by atoms with Crippen molar-refractivity contribution in [1.29, 1.82) is 0 Å². The van der Waals surface area contributed by atoms with Gasteiger partial charge >= 0.3 is 0 Å². The number of nitrogens with one attached hydrogen (secondary N) is 1. The molecule has 1 amide bonds. The molecule has 0 saturated carbocycles. The SMILES string of the molecule is CCCCCCCC([NH])C(=O)N1CCCC1. The zero-order chi connectivity index (χ0) is 11.8. The lowest BCUT2D eigenvalue weighted by Crippen LogP contribution is -2.37. The van der Waals surface area contributed by atoms with Crippen molar-refractivity contribution in [3.63, 3.8) is 0 Å². The first-order chi connectivity index (χ1) is 7.75. The monoisotopic (exact) mass is 225 g/mol. The molecular weight excluding hydrogens is 200 g/mol. The van der Waals surface area contributed by atoms with Crippen LogP contribution in [0, 0.1) is 0 Å². The quantitative estimate of drug-likeness (QED) is 0.614. The molecule has 0 aromatic heterocycles. The Kier molecular flexibility index (Phi) is 6.46. The Labute approximate surface area is 99.4 Å². The molecule has 93 valence electrons. The first-order valence-electron chi connectivity index (χ1n) is 6.75. The van der Waals surface area contributed by atoms with Gasteiger partial charge in [-0.15, -0.1) is 0 Å². The van der Waals surface area contributed by atoms with Gasteiger partial charge in [-0.25, -0.2) is 5.73 Å². The van der Waals surface area contributed by atoms with Crippen molar-refractivity contribution in [2.24, 2.45) is 0 Å². The minimum absolute atomic E-state index is 0.0630. The van der Waals surface area contributed by atoms with E-state index in [0.29, 0.717) is 0 Å². The minimum atomic E-state index is -0.500. The second-order valence-corrected chi connectivity index (χ2v) is 4.79. The number of hydrogen-bond acceptors (Lipinski definition) is 1. The number of carbonyl (C=O) groups excluding carboxylic acids is 1. The second-order valence-electron chi connectivity index (χ2n) is 4.79. The highest BCUT2D eigenvalue weighted by atomic mass is 16.2. The van der Waals surface area contributed by atoms with Crippen molar-refractivity contribution in [1.82, 2.24) is 10.6 Å². The standard InChI is InChI=1S/C13H25N2O/c1-2-3-4-5-6-9-12(14)13(16)15-10-7-8-11-15/h12,14H,2-11H2,1H3. The first-order valence-corrected chi connectivity index (χ1v) is 6.75. The molecule has 1 rings (SSSR count). The normalized spacial score (nSPS) is 17.8. The van der Waals surface area contributed by atoms with Gasteiger partial charge in [0.2, 0.25) is 5.91 Å². The van der Waals surface area contributed by atoms with Crippen LogP contribution in [0.2, 0.25) is 0 Å². The van der Waals surface area contributed by atoms with Gasteiger partial charge in [0.25, 0.3) is 0 Å². The van der Waals surface area contributed by atoms with E-state index >= 15 is 0 Å². The zero-order valence-electron chi connectivity index (χ0n) is 10.5. The highest BCUT2D eigenvalue weighted by molar-refractivity contribution is 5.81. The summed E-state index contributed by atoms with van der Waals surface area (Å²) in [5.41, 5.74) is 7.83. The van der Waals surface area contributed by atoms with Crippen LogP contribution in [0.1, 0.15) is 58.3 Å². The lowest BCUT2D eigenvalue weighted by molar-refractivity contribution is -0.131. The number of amides is 1. The van der Waals surface area contributed by atoms with E-state index in [1.54, 1.807) is 0 Å². The first kappa shape index (κ1) is 13.5. The van der Waals surface area contributed by atoms with E-state index in [-0.39, 0.29) is 5.91 Å². The van der Waals surface area contributed by atoms with Crippen LogP contribution >= 0.6 is 0 Å². The number of rotatable bonds is 7. The molecule has 16 heavy (non-hydrogen) atoms. The Balaban J connectivity index is 2.08. The van der Waals surface area contributed by atoms with Crippen molar-refractivity contribution >= 4 is 5.91 Å². The minimum Gasteiger partial charge on any atom is -0.341 e. The summed E-state index contributed by atoms with van der Waals surface area (Å²) in [4.78, 5) is 13.7. The molecule has 1 fully saturated rings. The summed E-state index contributed by atoms with van der Waals surface area (Å²) in [5, 5.41) is 0. The molecule has 1 aliphatic rings. The van der Waals surface area contributed by atoms with Gasteiger partial charge in [-0.3, -0.25) is 4.79 Å². The zero-order valence-corrected chi connectivity index (χ0v) is 10.5. The molecule has 0 spiro atoms. The van der Waals surface area contributed by atoms with Gasteiger partial charge in [-0.2, -0.15) is 0 Å². The Morgan fingerprint density at radius 3 is 2.44 bits per heavy atom. The van der Waals surface area contributed by atoms with Gasteiger partial charge in [0.05, 0.1) is 0 Å². The summed E-state index contributed by atoms with van der Waals surface area (Å²) in [7, 11) is 0. The number of hydrogen-bond donors (Lipinski definition) is 0. The molecule has 1 atom stereocenters. The summed E-state index contributed by atoms with van der Waals surface area (Å²) in [6.45, 7) is 3.96. The molecule has 1 saturated heterocycles. The largest absolute Gasteiger partial charge is 0.341 e. The third kappa shape index (κ3) is 4.52. The van der Waals surface area contributed by atoms with Gasteiger partial charge in [0.15, 0.2) is 0 Å². The van der Waals surface area contributed by atoms with Crippen molar-refractivity contribution in [2.45, 2.75) is 64.3 Å². The van der Waals surface area contributed by atoms with Gasteiger partial charge in [-0.05, 0) is 19.3 Å². The van der Waals surface area contributed by atoms with Crippen molar-refractivity contribution in [3.05, 3.63) is 0 Å². The van der Waals surface area contributed by atoms with Crippen LogP contribution in [0.15, 0.2) is 0 Å². The lowest BCUT2D eigenvalue weighted by Gasteiger charge is -2.19. The third-order valence-corrected chi connectivity index (χ3v) is 3.31. The molecule has 1 heterocycles. The topological polar surface area (TPSA) is 44.1 Å². The number of likely N-dealkylation sites (tertiary alicyclic amines) is 1. The third-order valence-electron chi connectivity index (χ3n) is 3.31. The summed E-state index contributed by atoms with van der Waals surface area (Å²) in [6.07, 6.45) is 8.98. The van der Waals surface area contributed by atoms with Crippen LogP contribution in [-0.4, -0.2) is 29.9 Å². The number of unbranched alkanes of at least 4 members (excludes halogenated alkanes) is 4. The molecule has 3 nitrogen and oxygen atoms in total. The van der Waals surface area contributed by atoms with Gasteiger partial charge in [0, 0.05) is 13.1 Å². The van der Waals surface area contributed by atoms with Gasteiger partial charge < -0.3 is 4.90 Å². The fourth-order valence-electron chi connectivity index (χ4n) is 2.23. The van der Waals surface area contributed by atoms with Crippen molar-refractivity contribution < 1.29 is 4.79 Å². The maximum absolute atomic E-state index is 11.8. The summed E-state index contributed by atoms with van der Waals surface area (Å²) >= 11 is 0. The number of nitrogens with zero attached hydrogens (tertiary/aromatic N) is 1. The molecule has 0 bridgehead atoms. The van der Waals surface area contributed by atoms with Crippen LogP contribution in [-0.2, 0) is 4.79 Å². The molecular formula is C13H25N2O. The maximum atomic E-state index is 11.8. The average molecular weight is 225 g/mol. The molecule has 0 aromatic carbocycles. The van der Waals surface area contributed by atoms with Crippen molar-refractivity contribution in [2.75, 3.05) is 13.1 Å². The van der Waals surface area contributed by atoms with Crippen LogP contribution < -0.4 is 5.73 Å². The summed E-state index contributed by atoms with van der Waals surface area (Å²) in [6, 6.07) is -0.500. The fraction of sp³-hybridized carbons (Fsp3) is 0.923. The van der Waals surface area contributed by atoms with E-state index in [1.807, 2.05) is 4.90 Å². The fourth-order valence-corrected chi connectivity index (χ4v) is 2.23. The second kappa shape index (κ2) is 7.66. The highest BCUT2D eigenvalue weighted by Gasteiger charge is 2.23. The van der Waals surface area contributed by atoms with Crippen molar-refractivity contribution in [3.8, 4) is 0 Å². The van der Waals surface area contributed by atoms with E-state index in [0.717, 1.165) is 38.8 Å². The predicted octanol–water partition coefficient (Wildman–Crippen LogP) is 2.62. The highest BCUT2D eigenvalue weighted by Crippen LogP contribution is 2.12. The maximum Gasteiger partial charge on any atom is 0.241 e. The Morgan fingerprint density at radius 1 is 1.19 bits per heavy atom. The Hall–Kier alpha value is -0.570. The van der Waals surface area contributed by atoms with E-state index in [9.17, 15) is 4.79 Å². The van der Waals surface area contributed by atoms with Crippen LogP contribution in [0.5, 0.6) is 0 Å². The van der Waals surface area contributed by atoms with Crippen LogP contribution in [0.3, 0.4) is 0 Å². The molecule has 1 radical (unpaired) electrons. The molecule has 0 aromatic rings. The molecule has 1 N–H and O–H groups in total. The molecule has 3 heteroatoms. The molecule has 0 aliphatic carbocycles. The van der Waals surface area contributed by atoms with Crippen LogP contribution in [0.4, 0.5) is 0 Å². The average Bonchev–Trinajstić information content (AvgIpc) is 2.81. The molecule has 1 unspecified atom stereocenters. The van der Waals surface area contributed by atoms with E-state index in [4.69, 9.17) is 5.73 Å². The summed E-state index contributed by atoms with van der Waals surface area (Å²) < 4.78 is 0. The van der Waals surface area contributed by atoms with Gasteiger partial charge in [-0.1, -0.05) is 39.0 Å². The molecule has 1 aliphatic heterocycles. The Morgan fingerprint density at radius 2 is 1.81 bits per heavy atom. The van der Waals surface area contributed by atoms with E-state index in [1.165, 1.54) is 25.7 Å². The predicted molar refractivity (Wildman–Crippen MR) is 66.1 cm³/mol. The van der Waals surface area contributed by atoms with Crippen LogP contribution in [0.25, 0.3) is 0 Å². The summed E-state index contributed by atoms with van der Waals surface area (Å²) in [5.74, 6) is 0.0630. The Bertz CT molecular complexity index is 200. The van der Waals surface area contributed by atoms with Gasteiger partial charge in [0.1, 0.15) is 6.04 Å².